The van der Waals surface area contributed by atoms with Crippen molar-refractivity contribution in [2.75, 3.05) is 25.1 Å². The molecule has 1 aliphatic carbocycles. The zero-order chi connectivity index (χ0) is 25.1. The van der Waals surface area contributed by atoms with Gasteiger partial charge in [0.25, 0.3) is 0 Å². The van der Waals surface area contributed by atoms with E-state index in [2.05, 4.69) is 15.5 Å². The van der Waals surface area contributed by atoms with Crippen LogP contribution in [-0.4, -0.2) is 50.1 Å². The fourth-order valence-corrected chi connectivity index (χ4v) is 4.85. The summed E-state index contributed by atoms with van der Waals surface area (Å²) in [4.78, 5) is 13.7. The number of alkyl halides is 3. The van der Waals surface area contributed by atoms with Gasteiger partial charge in [-0.2, -0.15) is 23.4 Å². The van der Waals surface area contributed by atoms with Crippen molar-refractivity contribution >= 4 is 11.7 Å². The second kappa shape index (κ2) is 8.21. The topological polar surface area (TPSA) is 77.2 Å². The van der Waals surface area contributed by atoms with Crippen LogP contribution in [0.2, 0.25) is 0 Å². The summed E-state index contributed by atoms with van der Waals surface area (Å²) < 4.78 is 64.3. The molecule has 1 atom stereocenters. The van der Waals surface area contributed by atoms with Gasteiger partial charge in [-0.1, -0.05) is 13.0 Å². The minimum atomic E-state index is -4.65. The monoisotopic (exact) mass is 494 g/mol. The third-order valence-corrected chi connectivity index (χ3v) is 6.90. The third-order valence-electron chi connectivity index (χ3n) is 6.90. The number of hydrogen-bond acceptors (Lipinski definition) is 5. The molecule has 0 saturated carbocycles. The number of anilines is 1. The van der Waals surface area contributed by atoms with Gasteiger partial charge in [0.1, 0.15) is 5.83 Å². The normalized spacial score (nSPS) is 22.9. The summed E-state index contributed by atoms with van der Waals surface area (Å²) in [5.41, 5.74) is -0.391. The Labute approximate surface area is 199 Å². The Bertz CT molecular complexity index is 1240. The molecule has 0 aromatic carbocycles. The number of rotatable bonds is 4. The second-order valence-electron chi connectivity index (χ2n) is 9.53. The first-order valence-corrected chi connectivity index (χ1v) is 11.4. The van der Waals surface area contributed by atoms with Gasteiger partial charge in [-0.15, -0.1) is 0 Å². The smallest absolute Gasteiger partial charge is 0.377 e. The lowest BCUT2D eigenvalue weighted by Gasteiger charge is -2.31. The van der Waals surface area contributed by atoms with Gasteiger partial charge in [0, 0.05) is 61.8 Å². The molecule has 1 amide bonds. The van der Waals surface area contributed by atoms with Crippen LogP contribution in [0.25, 0.3) is 0 Å². The number of nitrogens with zero attached hydrogens (tertiary/aromatic N) is 5. The fraction of sp³-hybridized carbons (Fsp3) is 0.522. The first-order chi connectivity index (χ1) is 16.5. The summed E-state index contributed by atoms with van der Waals surface area (Å²) in [7, 11) is 1.41. The molecule has 0 spiro atoms. The van der Waals surface area contributed by atoms with Crippen molar-refractivity contribution in [2.24, 2.45) is 7.05 Å². The predicted molar refractivity (Wildman–Crippen MR) is 118 cm³/mol. The molecule has 0 bridgehead atoms. The number of aryl methyl sites for hydroxylation is 1. The van der Waals surface area contributed by atoms with Gasteiger partial charge < -0.3 is 15.0 Å². The number of ether oxygens (including phenoxy) is 1. The molecule has 1 unspecified atom stereocenters. The predicted octanol–water partition coefficient (Wildman–Crippen LogP) is 3.62. The second-order valence-corrected chi connectivity index (χ2v) is 9.53. The first kappa shape index (κ1) is 23.6. The zero-order valence-electron chi connectivity index (χ0n) is 19.6. The standard InChI is InChI=1S/C23H26F4N6O2/c1-13(34)32-7-5-19-15(9-32)21(30-33(19)14-11-35-12-14)28-18-4-6-22(2,8-17(18)24)16-10-31(3)29-20(16)23(25,26)27/h4,6,10,14H,5,7-9,11-12H2,1-3H3,(H,28,30). The van der Waals surface area contributed by atoms with Crippen LogP contribution in [0, 0.1) is 0 Å². The van der Waals surface area contributed by atoms with Crippen molar-refractivity contribution in [2.45, 2.75) is 50.9 Å². The van der Waals surface area contributed by atoms with Crippen LogP contribution in [0.5, 0.6) is 0 Å². The lowest BCUT2D eigenvalue weighted by Crippen LogP contribution is -2.37. The maximum absolute atomic E-state index is 15.4. The number of carbonyl (C=O) groups is 1. The van der Waals surface area contributed by atoms with Crippen molar-refractivity contribution in [3.63, 3.8) is 0 Å². The first-order valence-electron chi connectivity index (χ1n) is 11.4. The van der Waals surface area contributed by atoms with Gasteiger partial charge in [-0.3, -0.25) is 14.2 Å². The maximum Gasteiger partial charge on any atom is 0.435 e. The number of aromatic nitrogens is 4. The molecule has 0 radical (unpaired) electrons. The van der Waals surface area contributed by atoms with E-state index >= 15 is 4.39 Å². The van der Waals surface area contributed by atoms with E-state index in [4.69, 9.17) is 4.74 Å². The van der Waals surface area contributed by atoms with Crippen LogP contribution >= 0.6 is 0 Å². The van der Waals surface area contributed by atoms with Gasteiger partial charge in [0.05, 0.1) is 31.5 Å². The number of amides is 1. The molecule has 3 aliphatic rings. The summed E-state index contributed by atoms with van der Waals surface area (Å²) >= 11 is 0. The molecule has 2 aliphatic heterocycles. The Morgan fingerprint density at radius 1 is 1.29 bits per heavy atom. The number of halogens is 4. The summed E-state index contributed by atoms with van der Waals surface area (Å²) in [6.45, 7) is 5.05. The Hall–Kier alpha value is -3.15. The van der Waals surface area contributed by atoms with Crippen LogP contribution in [0.3, 0.4) is 0 Å². The highest BCUT2D eigenvalue weighted by Crippen LogP contribution is 2.43. The molecule has 5 rings (SSSR count). The van der Waals surface area contributed by atoms with Gasteiger partial charge in [0.2, 0.25) is 5.91 Å². The van der Waals surface area contributed by atoms with E-state index in [-0.39, 0.29) is 29.6 Å². The molecule has 1 saturated heterocycles. The molecule has 2 aromatic rings. The summed E-state index contributed by atoms with van der Waals surface area (Å²) in [6.07, 6.45) is 0.0152. The molecular weight excluding hydrogens is 468 g/mol. The molecular formula is C23H26F4N6O2. The van der Waals surface area contributed by atoms with E-state index in [0.717, 1.165) is 15.9 Å². The minimum absolute atomic E-state index is 0.0583. The fourth-order valence-electron chi connectivity index (χ4n) is 4.85. The van der Waals surface area contributed by atoms with Crippen LogP contribution in [0.15, 0.2) is 29.9 Å². The van der Waals surface area contributed by atoms with Crippen LogP contribution in [0.4, 0.5) is 23.4 Å². The van der Waals surface area contributed by atoms with Gasteiger partial charge >= 0.3 is 6.18 Å². The highest BCUT2D eigenvalue weighted by molar-refractivity contribution is 5.74. The number of nitrogens with one attached hydrogen (secondary N) is 1. The zero-order valence-corrected chi connectivity index (χ0v) is 19.6. The maximum atomic E-state index is 15.4. The SMILES string of the molecule is CC(=O)N1CCc2c(c(NC3=C(F)CC(C)(c4cn(C)nc4C(F)(F)F)C=C3)nn2C2COC2)C1. The van der Waals surface area contributed by atoms with Crippen LogP contribution < -0.4 is 5.32 Å². The third kappa shape index (κ3) is 4.13. The summed E-state index contributed by atoms with van der Waals surface area (Å²) in [6, 6.07) is 0.0820. The lowest BCUT2D eigenvalue weighted by molar-refractivity contribution is -0.142. The number of allylic oxidation sites excluding steroid dienone is 3. The molecule has 8 nitrogen and oxygen atoms in total. The van der Waals surface area contributed by atoms with E-state index in [9.17, 15) is 18.0 Å². The molecule has 1 fully saturated rings. The van der Waals surface area contributed by atoms with Crippen molar-refractivity contribution in [1.82, 2.24) is 24.5 Å². The van der Waals surface area contributed by atoms with E-state index in [1.807, 2.05) is 4.68 Å². The average molecular weight is 494 g/mol. The van der Waals surface area contributed by atoms with Gasteiger partial charge in [0.15, 0.2) is 11.5 Å². The molecule has 35 heavy (non-hydrogen) atoms. The highest BCUT2D eigenvalue weighted by atomic mass is 19.4. The number of fused-ring (bicyclic) bond motifs is 1. The van der Waals surface area contributed by atoms with Gasteiger partial charge in [-0.05, 0) is 6.08 Å². The van der Waals surface area contributed by atoms with Crippen molar-refractivity contribution in [1.29, 1.82) is 0 Å². The molecule has 12 heteroatoms. The quantitative estimate of drug-likeness (QED) is 0.657. The van der Waals surface area contributed by atoms with Crippen molar-refractivity contribution < 1.29 is 27.1 Å². The van der Waals surface area contributed by atoms with E-state index in [0.29, 0.717) is 38.5 Å². The molecule has 4 heterocycles. The highest BCUT2D eigenvalue weighted by Gasteiger charge is 2.43. The Balaban J connectivity index is 1.45. The summed E-state index contributed by atoms with van der Waals surface area (Å²) in [5, 5.41) is 11.3. The van der Waals surface area contributed by atoms with E-state index in [1.54, 1.807) is 17.9 Å². The number of carbonyl (C=O) groups excluding carboxylic acids is 1. The largest absolute Gasteiger partial charge is 0.435 e. The minimum Gasteiger partial charge on any atom is -0.377 e. The van der Waals surface area contributed by atoms with Crippen LogP contribution in [0.1, 0.15) is 48.8 Å². The Kier molecular flexibility index (Phi) is 5.53. The van der Waals surface area contributed by atoms with Crippen molar-refractivity contribution in [3.8, 4) is 0 Å². The average Bonchev–Trinajstić information content (AvgIpc) is 3.30. The molecule has 2 aromatic heterocycles. The van der Waals surface area contributed by atoms with Crippen molar-refractivity contribution in [3.05, 3.63) is 52.4 Å². The summed E-state index contributed by atoms with van der Waals surface area (Å²) in [5.74, 6) is -0.202. The molecule has 188 valence electrons. The van der Waals surface area contributed by atoms with Crippen LogP contribution in [-0.2, 0) is 41.1 Å². The Morgan fingerprint density at radius 3 is 2.63 bits per heavy atom. The number of hydrogen-bond donors (Lipinski definition) is 1. The molecule has 1 N–H and O–H groups in total. The Morgan fingerprint density at radius 2 is 2.03 bits per heavy atom. The lowest BCUT2D eigenvalue weighted by atomic mass is 9.76. The van der Waals surface area contributed by atoms with E-state index < -0.39 is 23.1 Å². The van der Waals surface area contributed by atoms with E-state index in [1.165, 1.54) is 26.2 Å². The van der Waals surface area contributed by atoms with Gasteiger partial charge in [-0.25, -0.2) is 4.39 Å².